The first kappa shape index (κ1) is 25.8. The lowest BCUT2D eigenvalue weighted by atomic mass is 9.98. The number of ether oxygens (including phenoxy) is 3. The molecule has 28 heavy (non-hydrogen) atoms. The predicted molar refractivity (Wildman–Crippen MR) is 110 cm³/mol. The molecule has 0 amide bonds. The van der Waals surface area contributed by atoms with E-state index in [-0.39, 0.29) is 6.61 Å². The fourth-order valence-corrected chi connectivity index (χ4v) is 3.63. The summed E-state index contributed by atoms with van der Waals surface area (Å²) in [7, 11) is 0. The maximum atomic E-state index is 10.5. The van der Waals surface area contributed by atoms with Crippen molar-refractivity contribution in [1.29, 1.82) is 0 Å². The summed E-state index contributed by atoms with van der Waals surface area (Å²) in [4.78, 5) is 0. The third kappa shape index (κ3) is 9.99. The van der Waals surface area contributed by atoms with Crippen LogP contribution < -0.4 is 0 Å². The highest BCUT2D eigenvalue weighted by molar-refractivity contribution is 4.90. The molecule has 1 aliphatic heterocycles. The van der Waals surface area contributed by atoms with Gasteiger partial charge in [0, 0.05) is 13.2 Å². The summed E-state index contributed by atoms with van der Waals surface area (Å²) in [6, 6.07) is 0. The molecule has 1 aliphatic rings. The Morgan fingerprint density at radius 1 is 0.679 bits per heavy atom. The Kier molecular flexibility index (Phi) is 15.2. The Balaban J connectivity index is 2.39. The maximum absolute atomic E-state index is 10.5. The fourth-order valence-electron chi connectivity index (χ4n) is 3.63. The molecule has 0 aromatic heterocycles. The Morgan fingerprint density at radius 3 is 1.64 bits per heavy atom. The summed E-state index contributed by atoms with van der Waals surface area (Å²) in [6.07, 6.45) is 9.38. The number of aliphatic hydroxyl groups excluding tert-OH is 3. The van der Waals surface area contributed by atoms with E-state index in [0.29, 0.717) is 13.2 Å². The van der Waals surface area contributed by atoms with E-state index in [2.05, 4.69) is 13.8 Å². The van der Waals surface area contributed by atoms with Gasteiger partial charge in [-0.25, -0.2) is 0 Å². The van der Waals surface area contributed by atoms with Gasteiger partial charge >= 0.3 is 0 Å². The van der Waals surface area contributed by atoms with Gasteiger partial charge in [-0.1, -0.05) is 78.1 Å². The Hall–Kier alpha value is -0.240. The second-order valence-corrected chi connectivity index (χ2v) is 7.94. The van der Waals surface area contributed by atoms with Crippen LogP contribution in [0.15, 0.2) is 0 Å². The van der Waals surface area contributed by atoms with Gasteiger partial charge in [0.25, 0.3) is 0 Å². The monoisotopic (exact) mass is 404 g/mol. The molecule has 0 aromatic carbocycles. The van der Waals surface area contributed by atoms with Crippen molar-refractivity contribution >= 4 is 0 Å². The van der Waals surface area contributed by atoms with E-state index in [1.165, 1.54) is 51.4 Å². The molecule has 1 heterocycles. The second kappa shape index (κ2) is 16.5. The molecule has 0 unspecified atom stereocenters. The van der Waals surface area contributed by atoms with Crippen LogP contribution in [0.2, 0.25) is 0 Å². The van der Waals surface area contributed by atoms with Crippen molar-refractivity contribution in [2.24, 2.45) is 0 Å². The molecule has 0 bridgehead atoms. The topological polar surface area (TPSA) is 88.4 Å². The van der Waals surface area contributed by atoms with E-state index in [9.17, 15) is 15.3 Å². The van der Waals surface area contributed by atoms with Crippen LogP contribution in [0.1, 0.15) is 90.9 Å². The first-order valence-corrected chi connectivity index (χ1v) is 11.5. The molecule has 6 nitrogen and oxygen atoms in total. The number of rotatable bonds is 17. The van der Waals surface area contributed by atoms with Crippen LogP contribution in [-0.4, -0.2) is 65.8 Å². The standard InChI is InChI=1S/C22H44O6/c1-3-5-7-9-11-13-15-26-20-19(24)18(17-23)28-22(25)21(20)27-16-14-12-10-8-6-4-2/h18-25H,3-17H2,1-2H3/t18-,19-,20+,21-,22-/m1/s1. The van der Waals surface area contributed by atoms with Crippen molar-refractivity contribution in [3.05, 3.63) is 0 Å². The van der Waals surface area contributed by atoms with Gasteiger partial charge in [-0.05, 0) is 12.8 Å². The van der Waals surface area contributed by atoms with Crippen LogP contribution in [-0.2, 0) is 14.2 Å². The number of hydrogen-bond donors (Lipinski definition) is 3. The average Bonchev–Trinajstić information content (AvgIpc) is 2.70. The largest absolute Gasteiger partial charge is 0.394 e. The van der Waals surface area contributed by atoms with Crippen molar-refractivity contribution in [3.8, 4) is 0 Å². The highest BCUT2D eigenvalue weighted by Crippen LogP contribution is 2.25. The van der Waals surface area contributed by atoms with Gasteiger partial charge < -0.3 is 29.5 Å². The van der Waals surface area contributed by atoms with Gasteiger partial charge in [-0.2, -0.15) is 0 Å². The molecular formula is C22H44O6. The molecule has 1 fully saturated rings. The van der Waals surface area contributed by atoms with Crippen LogP contribution in [0.4, 0.5) is 0 Å². The molecule has 0 aliphatic carbocycles. The second-order valence-electron chi connectivity index (χ2n) is 7.94. The molecule has 1 saturated heterocycles. The molecule has 6 heteroatoms. The van der Waals surface area contributed by atoms with Gasteiger partial charge in [0.15, 0.2) is 6.29 Å². The minimum atomic E-state index is -1.20. The van der Waals surface area contributed by atoms with E-state index in [4.69, 9.17) is 14.2 Å². The third-order valence-electron chi connectivity index (χ3n) is 5.43. The summed E-state index contributed by atoms with van der Waals surface area (Å²) in [5.74, 6) is 0. The van der Waals surface area contributed by atoms with Crippen molar-refractivity contribution in [2.75, 3.05) is 19.8 Å². The minimum Gasteiger partial charge on any atom is -0.394 e. The van der Waals surface area contributed by atoms with E-state index in [1.807, 2.05) is 0 Å². The summed E-state index contributed by atoms with van der Waals surface area (Å²) in [5.41, 5.74) is 0. The van der Waals surface area contributed by atoms with Crippen LogP contribution in [0.25, 0.3) is 0 Å². The molecule has 168 valence electrons. The molecule has 5 atom stereocenters. The lowest BCUT2D eigenvalue weighted by molar-refractivity contribution is -0.303. The van der Waals surface area contributed by atoms with E-state index in [1.54, 1.807) is 0 Å². The summed E-state index contributed by atoms with van der Waals surface area (Å²) in [5, 5.41) is 30.2. The predicted octanol–water partition coefficient (Wildman–Crippen LogP) is 3.55. The van der Waals surface area contributed by atoms with Gasteiger partial charge in [-0.3, -0.25) is 0 Å². The summed E-state index contributed by atoms with van der Waals surface area (Å²) >= 11 is 0. The van der Waals surface area contributed by atoms with Gasteiger partial charge in [0.2, 0.25) is 0 Å². The number of unbranched alkanes of at least 4 members (excludes halogenated alkanes) is 10. The van der Waals surface area contributed by atoms with Gasteiger partial charge in [0.05, 0.1) is 6.61 Å². The van der Waals surface area contributed by atoms with Crippen molar-refractivity contribution in [1.82, 2.24) is 0 Å². The molecule has 0 aromatic rings. The molecule has 3 N–H and O–H groups in total. The normalized spacial score (nSPS) is 28.0. The quantitative estimate of drug-likeness (QED) is 0.321. The lowest BCUT2D eigenvalue weighted by Gasteiger charge is -2.42. The van der Waals surface area contributed by atoms with Gasteiger partial charge in [0.1, 0.15) is 24.4 Å². The van der Waals surface area contributed by atoms with Crippen molar-refractivity contribution in [2.45, 2.75) is 122 Å². The number of hydrogen-bond acceptors (Lipinski definition) is 6. The lowest BCUT2D eigenvalue weighted by Crippen LogP contribution is -2.60. The van der Waals surface area contributed by atoms with Crippen molar-refractivity contribution in [3.63, 3.8) is 0 Å². The highest BCUT2D eigenvalue weighted by Gasteiger charge is 2.45. The van der Waals surface area contributed by atoms with Crippen LogP contribution in [0, 0.1) is 0 Å². The smallest absolute Gasteiger partial charge is 0.184 e. The Bertz CT molecular complexity index is 354. The van der Waals surface area contributed by atoms with Gasteiger partial charge in [-0.15, -0.1) is 0 Å². The average molecular weight is 405 g/mol. The molecule has 0 saturated carbocycles. The SMILES string of the molecule is CCCCCCCCO[C@@H]1[C@@H](OCCCCCCCC)[C@H](O)[C@@H](CO)O[C@H]1O. The van der Waals surface area contributed by atoms with Crippen LogP contribution in [0.5, 0.6) is 0 Å². The van der Waals surface area contributed by atoms with E-state index >= 15 is 0 Å². The minimum absolute atomic E-state index is 0.362. The zero-order valence-electron chi connectivity index (χ0n) is 18.1. The molecule has 1 rings (SSSR count). The zero-order chi connectivity index (χ0) is 20.6. The summed E-state index contributed by atoms with van der Waals surface area (Å²) < 4.78 is 17.1. The van der Waals surface area contributed by atoms with Crippen LogP contribution >= 0.6 is 0 Å². The van der Waals surface area contributed by atoms with Crippen LogP contribution in [0.3, 0.4) is 0 Å². The zero-order valence-corrected chi connectivity index (χ0v) is 18.1. The number of aliphatic hydroxyl groups is 3. The molecule has 0 spiro atoms. The Morgan fingerprint density at radius 2 is 1.14 bits per heavy atom. The molecular weight excluding hydrogens is 360 g/mol. The van der Waals surface area contributed by atoms with Crippen molar-refractivity contribution < 1.29 is 29.5 Å². The highest BCUT2D eigenvalue weighted by atomic mass is 16.7. The first-order chi connectivity index (χ1) is 13.7. The van der Waals surface area contributed by atoms with E-state index in [0.717, 1.165) is 25.7 Å². The Labute approximate surface area is 171 Å². The first-order valence-electron chi connectivity index (χ1n) is 11.5. The maximum Gasteiger partial charge on any atom is 0.184 e. The third-order valence-corrected chi connectivity index (χ3v) is 5.43. The summed E-state index contributed by atoms with van der Waals surface area (Å²) in [6.45, 7) is 5.05. The fraction of sp³-hybridized carbons (Fsp3) is 1.00. The van der Waals surface area contributed by atoms with E-state index < -0.39 is 30.7 Å². The molecule has 0 radical (unpaired) electrons.